The second-order valence-electron chi connectivity index (χ2n) is 7.83. The lowest BCUT2D eigenvalue weighted by molar-refractivity contribution is -0.138. The number of halogens is 3. The Morgan fingerprint density at radius 2 is 1.94 bits per heavy atom. The lowest BCUT2D eigenvalue weighted by atomic mass is 9.84. The van der Waals surface area contributed by atoms with Gasteiger partial charge in [0, 0.05) is 18.0 Å². The Balaban J connectivity index is 1.85. The molecule has 0 radical (unpaired) electrons. The van der Waals surface area contributed by atoms with E-state index in [0.717, 1.165) is 48.4 Å². The Kier molecular flexibility index (Phi) is 5.84. The first-order valence-electron chi connectivity index (χ1n) is 10.2. The molecule has 3 aromatic rings. The maximum Gasteiger partial charge on any atom is 0.418 e. The van der Waals surface area contributed by atoms with Crippen molar-refractivity contribution >= 4 is 0 Å². The number of aromatic nitrogens is 5. The lowest BCUT2D eigenvalue weighted by Gasteiger charge is -2.22. The summed E-state index contributed by atoms with van der Waals surface area (Å²) in [6.07, 6.45) is 4.66. The van der Waals surface area contributed by atoms with Crippen molar-refractivity contribution in [2.45, 2.75) is 57.7 Å². The average molecular weight is 429 g/mol. The Hall–Kier alpha value is -3.10. The summed E-state index contributed by atoms with van der Waals surface area (Å²) in [7, 11) is 0. The Morgan fingerprint density at radius 1 is 1.16 bits per heavy atom. The molecule has 1 saturated carbocycles. The molecule has 3 heterocycles. The standard InChI is InChI=1S/C22H22F3N5O/c1-14-11-26-13-28-20(14)18-10-16(15-6-3-2-4-7-15)21(31)30(29-18)12-19-17(22(23,24)25)8-5-9-27-19/h5,8-11,13,15H,2-4,6-7,12H2,1H3. The zero-order valence-corrected chi connectivity index (χ0v) is 17.1. The van der Waals surface area contributed by atoms with E-state index < -0.39 is 11.7 Å². The third kappa shape index (κ3) is 4.50. The normalized spacial score (nSPS) is 15.2. The largest absolute Gasteiger partial charge is 0.418 e. The summed E-state index contributed by atoms with van der Waals surface area (Å²) >= 11 is 0. The fourth-order valence-electron chi connectivity index (χ4n) is 4.12. The van der Waals surface area contributed by atoms with E-state index in [9.17, 15) is 18.0 Å². The fourth-order valence-corrected chi connectivity index (χ4v) is 4.12. The van der Waals surface area contributed by atoms with Crippen LogP contribution < -0.4 is 5.56 Å². The van der Waals surface area contributed by atoms with E-state index in [4.69, 9.17) is 0 Å². The van der Waals surface area contributed by atoms with Crippen LogP contribution in [0.3, 0.4) is 0 Å². The molecule has 4 rings (SSSR count). The van der Waals surface area contributed by atoms with Crippen molar-refractivity contribution < 1.29 is 13.2 Å². The van der Waals surface area contributed by atoms with Crippen LogP contribution in [-0.2, 0) is 12.7 Å². The highest BCUT2D eigenvalue weighted by Crippen LogP contribution is 2.33. The highest BCUT2D eigenvalue weighted by atomic mass is 19.4. The Morgan fingerprint density at radius 3 is 2.65 bits per heavy atom. The highest BCUT2D eigenvalue weighted by molar-refractivity contribution is 5.58. The van der Waals surface area contributed by atoms with Crippen LogP contribution in [0.25, 0.3) is 11.4 Å². The Labute approximate surface area is 177 Å². The second kappa shape index (κ2) is 8.56. The van der Waals surface area contributed by atoms with Gasteiger partial charge in [-0.3, -0.25) is 9.78 Å². The van der Waals surface area contributed by atoms with E-state index in [1.807, 2.05) is 6.92 Å². The van der Waals surface area contributed by atoms with Crippen LogP contribution in [0.4, 0.5) is 13.2 Å². The van der Waals surface area contributed by atoms with Crippen molar-refractivity contribution in [3.8, 4) is 11.4 Å². The number of pyridine rings is 1. The summed E-state index contributed by atoms with van der Waals surface area (Å²) in [5.41, 5.74) is 0.863. The van der Waals surface area contributed by atoms with Gasteiger partial charge in [-0.1, -0.05) is 19.3 Å². The van der Waals surface area contributed by atoms with Gasteiger partial charge in [-0.2, -0.15) is 18.3 Å². The number of hydrogen-bond donors (Lipinski definition) is 0. The molecule has 0 amide bonds. The molecule has 0 bridgehead atoms. The fraction of sp³-hybridized carbons (Fsp3) is 0.409. The first-order valence-corrected chi connectivity index (χ1v) is 10.2. The molecular formula is C22H22F3N5O. The highest BCUT2D eigenvalue weighted by Gasteiger charge is 2.34. The quantitative estimate of drug-likeness (QED) is 0.610. The van der Waals surface area contributed by atoms with Crippen LogP contribution in [0.1, 0.15) is 60.4 Å². The van der Waals surface area contributed by atoms with Crippen LogP contribution in [0.2, 0.25) is 0 Å². The third-order valence-electron chi connectivity index (χ3n) is 5.68. The summed E-state index contributed by atoms with van der Waals surface area (Å²) in [5.74, 6) is 0.0576. The first kappa shape index (κ1) is 21.1. The molecule has 3 aromatic heterocycles. The van der Waals surface area contributed by atoms with Gasteiger partial charge in [0.05, 0.1) is 23.5 Å². The van der Waals surface area contributed by atoms with Gasteiger partial charge < -0.3 is 0 Å². The number of rotatable bonds is 4. The van der Waals surface area contributed by atoms with Crippen molar-refractivity contribution in [1.29, 1.82) is 0 Å². The molecule has 0 N–H and O–H groups in total. The topological polar surface area (TPSA) is 73.6 Å². The van der Waals surface area contributed by atoms with Crippen molar-refractivity contribution in [2.24, 2.45) is 0 Å². The Bertz CT molecular complexity index is 1140. The van der Waals surface area contributed by atoms with E-state index in [0.29, 0.717) is 17.0 Å². The van der Waals surface area contributed by atoms with E-state index in [-0.39, 0.29) is 23.7 Å². The van der Waals surface area contributed by atoms with E-state index >= 15 is 0 Å². The molecular weight excluding hydrogens is 407 g/mol. The molecule has 0 saturated heterocycles. The number of nitrogens with zero attached hydrogens (tertiary/aromatic N) is 5. The molecule has 162 valence electrons. The molecule has 0 spiro atoms. The molecule has 0 atom stereocenters. The minimum atomic E-state index is -4.57. The van der Waals surface area contributed by atoms with Gasteiger partial charge in [-0.05, 0) is 49.4 Å². The zero-order valence-electron chi connectivity index (χ0n) is 17.1. The molecule has 6 nitrogen and oxygen atoms in total. The van der Waals surface area contributed by atoms with Crippen LogP contribution in [0.5, 0.6) is 0 Å². The van der Waals surface area contributed by atoms with E-state index in [2.05, 4.69) is 20.1 Å². The summed E-state index contributed by atoms with van der Waals surface area (Å²) < 4.78 is 41.5. The number of alkyl halides is 3. The predicted molar refractivity (Wildman–Crippen MR) is 108 cm³/mol. The van der Waals surface area contributed by atoms with Crippen molar-refractivity contribution in [1.82, 2.24) is 24.7 Å². The van der Waals surface area contributed by atoms with Gasteiger partial charge in [-0.25, -0.2) is 14.6 Å². The van der Waals surface area contributed by atoms with Crippen LogP contribution in [-0.4, -0.2) is 24.7 Å². The van der Waals surface area contributed by atoms with E-state index in [1.165, 1.54) is 18.6 Å². The van der Waals surface area contributed by atoms with E-state index in [1.54, 1.807) is 12.3 Å². The minimum Gasteiger partial charge on any atom is -0.267 e. The summed E-state index contributed by atoms with van der Waals surface area (Å²) in [6, 6.07) is 3.94. The van der Waals surface area contributed by atoms with Crippen molar-refractivity contribution in [3.05, 3.63) is 69.7 Å². The summed E-state index contributed by atoms with van der Waals surface area (Å²) in [5, 5.41) is 4.38. The molecule has 1 aliphatic rings. The smallest absolute Gasteiger partial charge is 0.267 e. The lowest BCUT2D eigenvalue weighted by Crippen LogP contribution is -2.30. The van der Waals surface area contributed by atoms with Gasteiger partial charge in [0.1, 0.15) is 12.0 Å². The predicted octanol–water partition coefficient (Wildman–Crippen LogP) is 4.52. The SMILES string of the molecule is Cc1cncnc1-c1cc(C2CCCCC2)c(=O)n(Cc2ncccc2C(F)(F)F)n1. The van der Waals surface area contributed by atoms with Crippen LogP contribution in [0, 0.1) is 6.92 Å². The molecule has 1 fully saturated rings. The molecule has 9 heteroatoms. The van der Waals surface area contributed by atoms with Gasteiger partial charge in [-0.15, -0.1) is 0 Å². The van der Waals surface area contributed by atoms with Crippen LogP contribution >= 0.6 is 0 Å². The molecule has 0 aromatic carbocycles. The van der Waals surface area contributed by atoms with Gasteiger partial charge >= 0.3 is 6.18 Å². The average Bonchev–Trinajstić information content (AvgIpc) is 2.76. The number of aryl methyl sites for hydroxylation is 1. The monoisotopic (exact) mass is 429 g/mol. The maximum atomic E-state index is 13.5. The zero-order chi connectivity index (χ0) is 22.0. The van der Waals surface area contributed by atoms with Crippen LogP contribution in [0.15, 0.2) is 41.7 Å². The van der Waals surface area contributed by atoms with Crippen molar-refractivity contribution in [2.75, 3.05) is 0 Å². The third-order valence-corrected chi connectivity index (χ3v) is 5.68. The molecule has 0 aliphatic heterocycles. The first-order chi connectivity index (χ1) is 14.8. The summed E-state index contributed by atoms with van der Waals surface area (Å²) in [4.78, 5) is 25.4. The molecule has 1 aliphatic carbocycles. The van der Waals surface area contributed by atoms with Gasteiger partial charge in [0.25, 0.3) is 5.56 Å². The summed E-state index contributed by atoms with van der Waals surface area (Å²) in [6.45, 7) is 1.46. The second-order valence-corrected chi connectivity index (χ2v) is 7.83. The number of hydrogen-bond acceptors (Lipinski definition) is 5. The maximum absolute atomic E-state index is 13.5. The van der Waals surface area contributed by atoms with Crippen molar-refractivity contribution in [3.63, 3.8) is 0 Å². The molecule has 0 unspecified atom stereocenters. The minimum absolute atomic E-state index is 0.0576. The van der Waals surface area contributed by atoms with Gasteiger partial charge in [0.15, 0.2) is 0 Å². The van der Waals surface area contributed by atoms with Gasteiger partial charge in [0.2, 0.25) is 0 Å². The molecule has 31 heavy (non-hydrogen) atoms.